The molecule has 2 N–H and O–H groups in total. The highest BCUT2D eigenvalue weighted by atomic mass is 19.1. The number of ether oxygens (including phenoxy) is 1. The van der Waals surface area contributed by atoms with Gasteiger partial charge in [0, 0.05) is 17.7 Å². The molecule has 0 aliphatic rings. The zero-order chi connectivity index (χ0) is 19.3. The number of non-ortho nitro benzene ring substituents is 1. The monoisotopic (exact) mass is 362 g/mol. The standard InChI is InChI=1S/C18H20FN3O4/c1-12-4-6-14(22(24)25)9-16(12)20-18(23)11-21(2)10-13-5-7-17(26-3)15(19)8-13/h4-9H,10-11H2,1-3H3,(H,20,23)/p+1. The Bertz CT molecular complexity index is 826. The normalized spacial score (nSPS) is 11.7. The highest BCUT2D eigenvalue weighted by Gasteiger charge is 2.15. The molecular weight excluding hydrogens is 341 g/mol. The van der Waals surface area contributed by atoms with Crippen LogP contribution in [0, 0.1) is 22.9 Å². The number of amides is 1. The number of likely N-dealkylation sites (N-methyl/N-ethyl adjacent to an activating group) is 1. The van der Waals surface area contributed by atoms with Gasteiger partial charge in [0.15, 0.2) is 18.1 Å². The average Bonchev–Trinajstić information content (AvgIpc) is 2.56. The first-order valence-corrected chi connectivity index (χ1v) is 7.98. The summed E-state index contributed by atoms with van der Waals surface area (Å²) in [6.07, 6.45) is 0. The molecule has 0 spiro atoms. The number of methoxy groups -OCH3 is 1. The van der Waals surface area contributed by atoms with Crippen LogP contribution in [-0.2, 0) is 11.3 Å². The molecule has 1 atom stereocenters. The summed E-state index contributed by atoms with van der Waals surface area (Å²) in [4.78, 5) is 23.4. The molecule has 0 saturated carbocycles. The number of carbonyl (C=O) groups excluding carboxylic acids is 1. The fourth-order valence-electron chi connectivity index (χ4n) is 2.56. The van der Waals surface area contributed by atoms with Gasteiger partial charge in [-0.2, -0.15) is 0 Å². The third-order valence-electron chi connectivity index (χ3n) is 3.89. The summed E-state index contributed by atoms with van der Waals surface area (Å²) in [6, 6.07) is 8.98. The number of nitro groups is 1. The first kappa shape index (κ1) is 19.3. The van der Waals surface area contributed by atoms with Crippen molar-refractivity contribution in [3.8, 4) is 5.75 Å². The number of carbonyl (C=O) groups is 1. The fourth-order valence-corrected chi connectivity index (χ4v) is 2.56. The molecule has 1 amide bonds. The van der Waals surface area contributed by atoms with E-state index in [9.17, 15) is 19.3 Å². The Labute approximate surface area is 150 Å². The molecule has 26 heavy (non-hydrogen) atoms. The summed E-state index contributed by atoms with van der Waals surface area (Å²) in [5.74, 6) is -0.556. The number of aryl methyl sites for hydroxylation is 1. The Kier molecular flexibility index (Phi) is 6.24. The molecule has 138 valence electrons. The molecule has 0 fully saturated rings. The van der Waals surface area contributed by atoms with E-state index in [-0.39, 0.29) is 23.9 Å². The van der Waals surface area contributed by atoms with Gasteiger partial charge < -0.3 is 15.0 Å². The second-order valence-corrected chi connectivity index (χ2v) is 6.08. The fraction of sp³-hybridized carbons (Fsp3) is 0.278. The summed E-state index contributed by atoms with van der Waals surface area (Å²) in [6.45, 7) is 2.34. The van der Waals surface area contributed by atoms with Crippen molar-refractivity contribution in [1.82, 2.24) is 0 Å². The second kappa shape index (κ2) is 8.39. The smallest absolute Gasteiger partial charge is 0.279 e. The molecular formula is C18H21FN3O4+. The number of halogens is 1. The molecule has 2 aromatic carbocycles. The molecule has 8 heteroatoms. The molecule has 2 aromatic rings. The van der Waals surface area contributed by atoms with Gasteiger partial charge in [0.2, 0.25) is 0 Å². The zero-order valence-corrected chi connectivity index (χ0v) is 14.8. The summed E-state index contributed by atoms with van der Waals surface area (Å²) in [7, 11) is 3.21. The van der Waals surface area contributed by atoms with Crippen LogP contribution in [0.25, 0.3) is 0 Å². The van der Waals surface area contributed by atoms with Crippen molar-refractivity contribution < 1.29 is 23.7 Å². The molecule has 0 saturated heterocycles. The van der Waals surface area contributed by atoms with Crippen LogP contribution in [0.15, 0.2) is 36.4 Å². The number of hydrogen-bond acceptors (Lipinski definition) is 4. The minimum absolute atomic E-state index is 0.0830. The maximum absolute atomic E-state index is 13.7. The van der Waals surface area contributed by atoms with Gasteiger partial charge in [-0.25, -0.2) is 4.39 Å². The Hall–Kier alpha value is -3.00. The van der Waals surface area contributed by atoms with E-state index < -0.39 is 10.7 Å². The van der Waals surface area contributed by atoms with E-state index >= 15 is 0 Å². The van der Waals surface area contributed by atoms with Crippen molar-refractivity contribution in [3.05, 3.63) is 63.5 Å². The van der Waals surface area contributed by atoms with Crippen molar-refractivity contribution in [3.63, 3.8) is 0 Å². The van der Waals surface area contributed by atoms with Crippen molar-refractivity contribution in [1.29, 1.82) is 0 Å². The predicted octanol–water partition coefficient (Wildman–Crippen LogP) is 1.70. The molecule has 1 unspecified atom stereocenters. The second-order valence-electron chi connectivity index (χ2n) is 6.08. The Morgan fingerprint density at radius 3 is 2.65 bits per heavy atom. The number of nitrogens with zero attached hydrogens (tertiary/aromatic N) is 1. The molecule has 0 aliphatic carbocycles. The minimum Gasteiger partial charge on any atom is -0.494 e. The molecule has 7 nitrogen and oxygen atoms in total. The van der Waals surface area contributed by atoms with Crippen LogP contribution in [0.3, 0.4) is 0 Å². The van der Waals surface area contributed by atoms with Gasteiger partial charge in [0.1, 0.15) is 6.54 Å². The van der Waals surface area contributed by atoms with Crippen LogP contribution in [0.1, 0.15) is 11.1 Å². The van der Waals surface area contributed by atoms with E-state index in [0.29, 0.717) is 12.2 Å². The number of nitro benzene ring substituents is 1. The Morgan fingerprint density at radius 1 is 1.31 bits per heavy atom. The van der Waals surface area contributed by atoms with Crippen LogP contribution in [0.5, 0.6) is 5.75 Å². The Balaban J connectivity index is 1.98. The highest BCUT2D eigenvalue weighted by molar-refractivity contribution is 5.92. The summed E-state index contributed by atoms with van der Waals surface area (Å²) >= 11 is 0. The van der Waals surface area contributed by atoms with Crippen LogP contribution >= 0.6 is 0 Å². The Morgan fingerprint density at radius 2 is 2.04 bits per heavy atom. The van der Waals surface area contributed by atoms with E-state index in [1.165, 1.54) is 25.3 Å². The van der Waals surface area contributed by atoms with Gasteiger partial charge in [0.05, 0.1) is 24.8 Å². The zero-order valence-electron chi connectivity index (χ0n) is 14.8. The van der Waals surface area contributed by atoms with Gasteiger partial charge in [-0.05, 0) is 30.7 Å². The van der Waals surface area contributed by atoms with E-state index in [1.54, 1.807) is 25.1 Å². The van der Waals surface area contributed by atoms with E-state index in [2.05, 4.69) is 5.32 Å². The van der Waals surface area contributed by atoms with E-state index in [4.69, 9.17) is 4.74 Å². The van der Waals surface area contributed by atoms with Crippen molar-refractivity contribution in [2.24, 2.45) is 0 Å². The molecule has 0 radical (unpaired) electrons. The van der Waals surface area contributed by atoms with Crippen LogP contribution in [0.4, 0.5) is 15.8 Å². The van der Waals surface area contributed by atoms with Crippen molar-refractivity contribution in [2.75, 3.05) is 26.0 Å². The molecule has 0 aromatic heterocycles. The molecule has 0 heterocycles. The average molecular weight is 362 g/mol. The third kappa shape index (κ3) is 5.00. The predicted molar refractivity (Wildman–Crippen MR) is 94.9 cm³/mol. The minimum atomic E-state index is -0.509. The summed E-state index contributed by atoms with van der Waals surface area (Å²) in [5, 5.41) is 13.5. The number of quaternary nitrogens is 1. The van der Waals surface area contributed by atoms with Crippen LogP contribution in [-0.4, -0.2) is 31.5 Å². The lowest BCUT2D eigenvalue weighted by Gasteiger charge is -2.15. The third-order valence-corrected chi connectivity index (χ3v) is 3.89. The topological polar surface area (TPSA) is 85.9 Å². The molecule has 0 aliphatic heterocycles. The summed E-state index contributed by atoms with van der Waals surface area (Å²) in [5.41, 5.74) is 1.80. The van der Waals surface area contributed by atoms with E-state index in [0.717, 1.165) is 16.0 Å². The van der Waals surface area contributed by atoms with Gasteiger partial charge in [-0.3, -0.25) is 14.9 Å². The van der Waals surface area contributed by atoms with Gasteiger partial charge in [0.25, 0.3) is 11.6 Å². The summed E-state index contributed by atoms with van der Waals surface area (Å²) < 4.78 is 18.6. The quantitative estimate of drug-likeness (QED) is 0.580. The molecule has 2 rings (SSSR count). The lowest BCUT2D eigenvalue weighted by Crippen LogP contribution is -3.08. The number of benzene rings is 2. The number of hydrogen-bond donors (Lipinski definition) is 2. The lowest BCUT2D eigenvalue weighted by molar-refractivity contribution is -0.885. The number of rotatable bonds is 7. The molecule has 0 bridgehead atoms. The first-order valence-electron chi connectivity index (χ1n) is 7.98. The van der Waals surface area contributed by atoms with Crippen molar-refractivity contribution >= 4 is 17.3 Å². The largest absolute Gasteiger partial charge is 0.494 e. The van der Waals surface area contributed by atoms with Crippen molar-refractivity contribution in [2.45, 2.75) is 13.5 Å². The van der Waals surface area contributed by atoms with Gasteiger partial charge in [-0.15, -0.1) is 0 Å². The first-order chi connectivity index (χ1) is 12.3. The SMILES string of the molecule is COc1ccc(C[NH+](C)CC(=O)Nc2cc([N+](=O)[O-])ccc2C)cc1F. The lowest BCUT2D eigenvalue weighted by atomic mass is 10.1. The van der Waals surface area contributed by atoms with E-state index in [1.807, 2.05) is 7.05 Å². The van der Waals surface area contributed by atoms with Crippen LogP contribution in [0.2, 0.25) is 0 Å². The number of anilines is 1. The maximum atomic E-state index is 13.7. The maximum Gasteiger partial charge on any atom is 0.279 e. The highest BCUT2D eigenvalue weighted by Crippen LogP contribution is 2.21. The van der Waals surface area contributed by atoms with Gasteiger partial charge >= 0.3 is 0 Å². The number of nitrogens with one attached hydrogen (secondary N) is 2. The van der Waals surface area contributed by atoms with Gasteiger partial charge in [-0.1, -0.05) is 6.07 Å². The van der Waals surface area contributed by atoms with Crippen LogP contribution < -0.4 is 15.0 Å².